The maximum absolute atomic E-state index is 10.7. The lowest BCUT2D eigenvalue weighted by molar-refractivity contribution is -0.107. The average molecular weight is 155 g/mol. The molecule has 1 aliphatic heterocycles. The highest BCUT2D eigenvalue weighted by Gasteiger charge is 2.28. The van der Waals surface area contributed by atoms with E-state index in [1.807, 2.05) is 0 Å². The van der Waals surface area contributed by atoms with Crippen molar-refractivity contribution in [3.8, 4) is 6.07 Å². The molecule has 0 saturated carbocycles. The molecule has 4 nitrogen and oxygen atoms in total. The molecule has 5 heteroatoms. The van der Waals surface area contributed by atoms with E-state index in [9.17, 15) is 4.79 Å². The molecule has 0 aromatic rings. The molecule has 52 valence electrons. The molecule has 0 saturated heterocycles. The lowest BCUT2D eigenvalue weighted by Crippen LogP contribution is -2.14. The Morgan fingerprint density at radius 3 is 2.50 bits per heavy atom. The topological polar surface area (TPSA) is 92.9 Å². The Morgan fingerprint density at radius 1 is 1.70 bits per heavy atom. The van der Waals surface area contributed by atoms with Gasteiger partial charge in [-0.15, -0.1) is 0 Å². The van der Waals surface area contributed by atoms with Crippen LogP contribution in [0.15, 0.2) is 11.3 Å². The van der Waals surface area contributed by atoms with Crippen LogP contribution in [0.25, 0.3) is 0 Å². The highest BCUT2D eigenvalue weighted by molar-refractivity contribution is 8.15. The molecule has 1 unspecified atom stereocenters. The Kier molecular flexibility index (Phi) is 1.66. The van der Waals surface area contributed by atoms with E-state index in [1.54, 1.807) is 6.07 Å². The van der Waals surface area contributed by atoms with Gasteiger partial charge in [0, 0.05) is 0 Å². The molecular formula is C5H5N3OS. The monoisotopic (exact) mass is 155 g/mol. The van der Waals surface area contributed by atoms with E-state index >= 15 is 0 Å². The Bertz CT molecular complexity index is 252. The lowest BCUT2D eigenvalue weighted by atomic mass is 10.2. The highest BCUT2D eigenvalue weighted by atomic mass is 32.2. The van der Waals surface area contributed by atoms with Gasteiger partial charge in [0.2, 0.25) is 5.12 Å². The number of nitriles is 1. The van der Waals surface area contributed by atoms with Crippen molar-refractivity contribution in [2.45, 2.75) is 5.37 Å². The van der Waals surface area contributed by atoms with E-state index in [2.05, 4.69) is 0 Å². The van der Waals surface area contributed by atoms with Crippen molar-refractivity contribution >= 4 is 16.9 Å². The minimum atomic E-state index is -0.558. The summed E-state index contributed by atoms with van der Waals surface area (Å²) >= 11 is 0.878. The maximum atomic E-state index is 10.7. The normalized spacial score (nSPS) is 25.2. The quantitative estimate of drug-likeness (QED) is 0.481. The predicted molar refractivity (Wildman–Crippen MR) is 37.4 cm³/mol. The van der Waals surface area contributed by atoms with Gasteiger partial charge in [0.05, 0.1) is 17.0 Å². The summed E-state index contributed by atoms with van der Waals surface area (Å²) in [6.07, 6.45) is 0. The fourth-order valence-corrected chi connectivity index (χ4v) is 1.39. The number of carbonyl (C=O) groups excluding carboxylic acids is 1. The van der Waals surface area contributed by atoms with Gasteiger partial charge in [0.15, 0.2) is 0 Å². The van der Waals surface area contributed by atoms with Gasteiger partial charge >= 0.3 is 0 Å². The zero-order valence-corrected chi connectivity index (χ0v) is 5.81. The fraction of sp³-hybridized carbons (Fsp3) is 0.200. The van der Waals surface area contributed by atoms with Gasteiger partial charge < -0.3 is 11.5 Å². The molecule has 0 aliphatic carbocycles. The van der Waals surface area contributed by atoms with Crippen molar-refractivity contribution in [1.82, 2.24) is 0 Å². The van der Waals surface area contributed by atoms with Crippen LogP contribution >= 0.6 is 11.8 Å². The van der Waals surface area contributed by atoms with Crippen LogP contribution in [-0.2, 0) is 4.79 Å². The second-order valence-electron chi connectivity index (χ2n) is 1.77. The van der Waals surface area contributed by atoms with E-state index in [0.29, 0.717) is 0 Å². The lowest BCUT2D eigenvalue weighted by Gasteiger charge is -1.94. The average Bonchev–Trinajstić information content (AvgIpc) is 2.09. The molecule has 1 rings (SSSR count). The number of thioether (sulfide) groups is 1. The summed E-state index contributed by atoms with van der Waals surface area (Å²) in [7, 11) is 0. The van der Waals surface area contributed by atoms with Crippen LogP contribution in [-0.4, -0.2) is 10.5 Å². The first kappa shape index (κ1) is 7.12. The van der Waals surface area contributed by atoms with Gasteiger partial charge in [0.1, 0.15) is 5.70 Å². The number of nitrogens with two attached hydrogens (primary N) is 2. The Morgan fingerprint density at radius 2 is 2.30 bits per heavy atom. The second kappa shape index (κ2) is 2.33. The second-order valence-corrected chi connectivity index (χ2v) is 2.88. The van der Waals surface area contributed by atoms with Crippen LogP contribution in [0.5, 0.6) is 0 Å². The van der Waals surface area contributed by atoms with Crippen LogP contribution < -0.4 is 11.5 Å². The number of hydrogen-bond donors (Lipinski definition) is 2. The van der Waals surface area contributed by atoms with Crippen LogP contribution in [0.1, 0.15) is 0 Å². The molecule has 10 heavy (non-hydrogen) atoms. The van der Waals surface area contributed by atoms with Crippen LogP contribution in [0.2, 0.25) is 0 Å². The summed E-state index contributed by atoms with van der Waals surface area (Å²) in [6.45, 7) is 0. The van der Waals surface area contributed by atoms with E-state index in [1.165, 1.54) is 0 Å². The SMILES string of the molecule is N#CC1=C(N)C(=O)SC1N. The molecule has 0 bridgehead atoms. The van der Waals surface area contributed by atoms with Crippen LogP contribution in [0, 0.1) is 11.3 Å². The van der Waals surface area contributed by atoms with Gasteiger partial charge in [-0.1, -0.05) is 11.8 Å². The van der Waals surface area contributed by atoms with Crippen LogP contribution in [0.4, 0.5) is 0 Å². The number of carbonyl (C=O) groups is 1. The number of hydrogen-bond acceptors (Lipinski definition) is 5. The Labute approximate surface area is 61.9 Å². The molecule has 1 atom stereocenters. The molecule has 4 N–H and O–H groups in total. The first-order chi connectivity index (χ1) is 4.66. The third-order valence-corrected chi connectivity index (χ3v) is 2.07. The molecule has 0 aromatic carbocycles. The first-order valence-corrected chi connectivity index (χ1v) is 3.41. The summed E-state index contributed by atoms with van der Waals surface area (Å²) in [4.78, 5) is 10.7. The summed E-state index contributed by atoms with van der Waals surface area (Å²) < 4.78 is 0. The zero-order valence-electron chi connectivity index (χ0n) is 5.00. The summed E-state index contributed by atoms with van der Waals surface area (Å²) in [5.74, 6) is 0. The standard InChI is InChI=1S/C5H5N3OS/c6-1-2-3(7)5(9)10-4(2)8/h4H,7-8H2. The zero-order chi connectivity index (χ0) is 7.72. The van der Waals surface area contributed by atoms with Crippen molar-refractivity contribution in [3.05, 3.63) is 11.3 Å². The van der Waals surface area contributed by atoms with Gasteiger partial charge in [-0.2, -0.15) is 5.26 Å². The number of nitrogens with zero attached hydrogens (tertiary/aromatic N) is 1. The molecule has 0 aromatic heterocycles. The maximum Gasteiger partial charge on any atom is 0.238 e. The van der Waals surface area contributed by atoms with Gasteiger partial charge in [-0.05, 0) is 0 Å². The van der Waals surface area contributed by atoms with Crippen LogP contribution in [0.3, 0.4) is 0 Å². The van der Waals surface area contributed by atoms with Crippen molar-refractivity contribution in [2.75, 3.05) is 0 Å². The summed E-state index contributed by atoms with van der Waals surface area (Å²) in [5, 5.41) is 7.53. The highest BCUT2D eigenvalue weighted by Crippen LogP contribution is 2.26. The van der Waals surface area contributed by atoms with E-state index < -0.39 is 5.37 Å². The Balaban J connectivity index is 3.04. The predicted octanol–water partition coefficient (Wildman–Crippen LogP) is -0.719. The summed E-state index contributed by atoms with van der Waals surface area (Å²) in [5.41, 5.74) is 10.8. The van der Waals surface area contributed by atoms with Gasteiger partial charge in [0.25, 0.3) is 0 Å². The van der Waals surface area contributed by atoms with Crippen molar-refractivity contribution in [2.24, 2.45) is 11.5 Å². The molecular weight excluding hydrogens is 150 g/mol. The van der Waals surface area contributed by atoms with Crippen molar-refractivity contribution < 1.29 is 4.79 Å². The van der Waals surface area contributed by atoms with Crippen molar-refractivity contribution in [1.29, 1.82) is 5.26 Å². The Hall–Kier alpha value is -0.990. The molecule has 0 radical (unpaired) electrons. The third-order valence-electron chi connectivity index (χ3n) is 1.15. The molecule has 1 heterocycles. The third kappa shape index (κ3) is 0.875. The van der Waals surface area contributed by atoms with Gasteiger partial charge in [-0.3, -0.25) is 4.79 Å². The fourth-order valence-electron chi connectivity index (χ4n) is 0.625. The van der Waals surface area contributed by atoms with E-state index in [4.69, 9.17) is 16.7 Å². The van der Waals surface area contributed by atoms with Crippen molar-refractivity contribution in [3.63, 3.8) is 0 Å². The molecule has 0 fully saturated rings. The molecule has 0 amide bonds. The minimum Gasteiger partial charge on any atom is -0.394 e. The summed E-state index contributed by atoms with van der Waals surface area (Å²) in [6, 6.07) is 1.78. The van der Waals surface area contributed by atoms with Gasteiger partial charge in [-0.25, -0.2) is 0 Å². The first-order valence-electron chi connectivity index (χ1n) is 2.53. The molecule has 1 aliphatic rings. The smallest absolute Gasteiger partial charge is 0.238 e. The van der Waals surface area contributed by atoms with E-state index in [0.717, 1.165) is 11.8 Å². The largest absolute Gasteiger partial charge is 0.394 e. The number of rotatable bonds is 0. The van der Waals surface area contributed by atoms with E-state index in [-0.39, 0.29) is 16.4 Å². The molecule has 0 spiro atoms. The minimum absolute atomic E-state index is 0.000000000000000222.